The van der Waals surface area contributed by atoms with Crippen LogP contribution in [-0.4, -0.2) is 50.3 Å². The highest BCUT2D eigenvalue weighted by atomic mass is 16.5. The van der Waals surface area contributed by atoms with Crippen molar-refractivity contribution in [3.8, 4) is 0 Å². The predicted molar refractivity (Wildman–Crippen MR) is 66.9 cm³/mol. The second-order valence-electron chi connectivity index (χ2n) is 4.72. The van der Waals surface area contributed by atoms with E-state index in [0.29, 0.717) is 12.6 Å². The number of hydrogen-bond acceptors (Lipinski definition) is 4. The van der Waals surface area contributed by atoms with Gasteiger partial charge in [0.1, 0.15) is 0 Å². The van der Waals surface area contributed by atoms with Gasteiger partial charge in [0.15, 0.2) is 0 Å². The second kappa shape index (κ2) is 7.67. The van der Waals surface area contributed by atoms with Crippen LogP contribution in [0.25, 0.3) is 0 Å². The van der Waals surface area contributed by atoms with Crippen LogP contribution in [0.3, 0.4) is 0 Å². The maximum absolute atomic E-state index is 11.7. The summed E-state index contributed by atoms with van der Waals surface area (Å²) in [6.07, 6.45) is 3.07. The first-order chi connectivity index (χ1) is 8.19. The highest BCUT2D eigenvalue weighted by molar-refractivity contribution is 5.72. The molecule has 4 heteroatoms. The Labute approximate surface area is 104 Å². The van der Waals surface area contributed by atoms with E-state index in [1.54, 1.807) is 7.11 Å². The van der Waals surface area contributed by atoms with E-state index in [1.807, 2.05) is 6.92 Å². The molecule has 1 aliphatic rings. The number of esters is 1. The van der Waals surface area contributed by atoms with Gasteiger partial charge >= 0.3 is 5.97 Å². The minimum absolute atomic E-state index is 0.0314. The number of ether oxygens (including phenoxy) is 2. The largest absolute Gasteiger partial charge is 0.466 e. The van der Waals surface area contributed by atoms with Gasteiger partial charge in [0, 0.05) is 26.3 Å². The van der Waals surface area contributed by atoms with Gasteiger partial charge in [0.05, 0.1) is 12.5 Å². The molecule has 0 bridgehead atoms. The van der Waals surface area contributed by atoms with Crippen molar-refractivity contribution >= 4 is 5.97 Å². The zero-order chi connectivity index (χ0) is 12.7. The number of piperidine rings is 1. The number of carbonyl (C=O) groups excluding carboxylic acids is 1. The Morgan fingerprint density at radius 3 is 2.94 bits per heavy atom. The topological polar surface area (TPSA) is 38.8 Å². The van der Waals surface area contributed by atoms with Crippen LogP contribution in [0, 0.1) is 5.92 Å². The standard InChI is InChI=1S/C13H25NO3/c1-4-17-13(15)12-6-5-8-14(10-12)11(2)7-9-16-3/h11-12H,4-10H2,1-3H3/t11?,12-/m1/s1. The van der Waals surface area contributed by atoms with Crippen LogP contribution in [0.4, 0.5) is 0 Å². The van der Waals surface area contributed by atoms with Gasteiger partial charge in [-0.25, -0.2) is 0 Å². The van der Waals surface area contributed by atoms with Crippen molar-refractivity contribution in [2.75, 3.05) is 33.4 Å². The maximum atomic E-state index is 11.7. The Morgan fingerprint density at radius 1 is 1.53 bits per heavy atom. The summed E-state index contributed by atoms with van der Waals surface area (Å²) < 4.78 is 10.2. The summed E-state index contributed by atoms with van der Waals surface area (Å²) in [5.41, 5.74) is 0. The van der Waals surface area contributed by atoms with Crippen molar-refractivity contribution in [1.29, 1.82) is 0 Å². The average Bonchev–Trinajstić information content (AvgIpc) is 2.36. The Morgan fingerprint density at radius 2 is 2.29 bits per heavy atom. The van der Waals surface area contributed by atoms with Crippen molar-refractivity contribution in [3.63, 3.8) is 0 Å². The smallest absolute Gasteiger partial charge is 0.310 e. The van der Waals surface area contributed by atoms with Crippen molar-refractivity contribution in [3.05, 3.63) is 0 Å². The highest BCUT2D eigenvalue weighted by Crippen LogP contribution is 2.20. The lowest BCUT2D eigenvalue weighted by Gasteiger charge is -2.35. The van der Waals surface area contributed by atoms with E-state index in [4.69, 9.17) is 9.47 Å². The number of likely N-dealkylation sites (tertiary alicyclic amines) is 1. The van der Waals surface area contributed by atoms with Crippen molar-refractivity contribution in [2.45, 2.75) is 39.2 Å². The van der Waals surface area contributed by atoms with E-state index < -0.39 is 0 Å². The van der Waals surface area contributed by atoms with Gasteiger partial charge in [-0.15, -0.1) is 0 Å². The molecule has 0 amide bonds. The number of hydrogen-bond donors (Lipinski definition) is 0. The maximum Gasteiger partial charge on any atom is 0.310 e. The van der Waals surface area contributed by atoms with Gasteiger partial charge in [-0.2, -0.15) is 0 Å². The van der Waals surface area contributed by atoms with E-state index in [-0.39, 0.29) is 11.9 Å². The van der Waals surface area contributed by atoms with Crippen molar-refractivity contribution in [1.82, 2.24) is 4.90 Å². The van der Waals surface area contributed by atoms with Crippen molar-refractivity contribution in [2.24, 2.45) is 5.92 Å². The van der Waals surface area contributed by atoms with Crippen LogP contribution >= 0.6 is 0 Å². The summed E-state index contributed by atoms with van der Waals surface area (Å²) in [6.45, 7) is 7.24. The molecule has 100 valence electrons. The molecule has 0 saturated carbocycles. The molecule has 0 aromatic carbocycles. The molecule has 1 saturated heterocycles. The fourth-order valence-electron chi connectivity index (χ4n) is 2.33. The van der Waals surface area contributed by atoms with Crippen molar-refractivity contribution < 1.29 is 14.3 Å². The van der Waals surface area contributed by atoms with E-state index in [2.05, 4.69) is 11.8 Å². The third kappa shape index (κ3) is 4.64. The molecule has 1 rings (SSSR count). The molecule has 0 aromatic rings. The van der Waals surface area contributed by atoms with E-state index in [0.717, 1.165) is 39.0 Å². The molecule has 0 spiro atoms. The van der Waals surface area contributed by atoms with Crippen LogP contribution in [0.1, 0.15) is 33.1 Å². The first-order valence-electron chi connectivity index (χ1n) is 6.58. The molecule has 0 N–H and O–H groups in total. The van der Waals surface area contributed by atoms with Crippen LogP contribution in [0.5, 0.6) is 0 Å². The molecular formula is C13H25NO3. The Bertz CT molecular complexity index is 233. The van der Waals surface area contributed by atoms with E-state index in [9.17, 15) is 4.79 Å². The van der Waals surface area contributed by atoms with E-state index >= 15 is 0 Å². The zero-order valence-corrected chi connectivity index (χ0v) is 11.3. The van der Waals surface area contributed by atoms with Crippen LogP contribution < -0.4 is 0 Å². The van der Waals surface area contributed by atoms with Gasteiger partial charge in [0.25, 0.3) is 0 Å². The summed E-state index contributed by atoms with van der Waals surface area (Å²) in [7, 11) is 1.73. The third-order valence-electron chi connectivity index (χ3n) is 3.44. The number of carbonyl (C=O) groups is 1. The molecule has 2 atom stereocenters. The minimum Gasteiger partial charge on any atom is -0.466 e. The van der Waals surface area contributed by atoms with Gasteiger partial charge in [-0.1, -0.05) is 0 Å². The first kappa shape index (κ1) is 14.5. The molecule has 1 unspecified atom stereocenters. The van der Waals surface area contributed by atoms with Crippen LogP contribution in [-0.2, 0) is 14.3 Å². The minimum atomic E-state index is -0.0314. The average molecular weight is 243 g/mol. The number of rotatable bonds is 6. The monoisotopic (exact) mass is 243 g/mol. The molecule has 0 radical (unpaired) electrons. The first-order valence-corrected chi connectivity index (χ1v) is 6.58. The summed E-state index contributed by atoms with van der Waals surface area (Å²) >= 11 is 0. The lowest BCUT2D eigenvalue weighted by atomic mass is 9.96. The Balaban J connectivity index is 2.39. The van der Waals surface area contributed by atoms with Gasteiger partial charge in [-0.3, -0.25) is 9.69 Å². The Hall–Kier alpha value is -0.610. The molecular weight excluding hydrogens is 218 g/mol. The Kier molecular flexibility index (Phi) is 6.52. The van der Waals surface area contributed by atoms with Crippen LogP contribution in [0.2, 0.25) is 0 Å². The normalized spacial score (nSPS) is 23.4. The molecule has 0 aliphatic carbocycles. The fourth-order valence-corrected chi connectivity index (χ4v) is 2.33. The van der Waals surface area contributed by atoms with E-state index in [1.165, 1.54) is 0 Å². The lowest BCUT2D eigenvalue weighted by molar-refractivity contribution is -0.150. The molecule has 1 aliphatic heterocycles. The fraction of sp³-hybridized carbons (Fsp3) is 0.923. The third-order valence-corrected chi connectivity index (χ3v) is 3.44. The predicted octanol–water partition coefficient (Wildman–Crippen LogP) is 1.69. The summed E-state index contributed by atoms with van der Waals surface area (Å²) in [5.74, 6) is 0.0323. The second-order valence-corrected chi connectivity index (χ2v) is 4.72. The number of methoxy groups -OCH3 is 1. The molecule has 1 heterocycles. The van der Waals surface area contributed by atoms with Gasteiger partial charge < -0.3 is 9.47 Å². The summed E-state index contributed by atoms with van der Waals surface area (Å²) in [4.78, 5) is 14.1. The molecule has 17 heavy (non-hydrogen) atoms. The molecule has 1 fully saturated rings. The van der Waals surface area contributed by atoms with Gasteiger partial charge in [-0.05, 0) is 39.7 Å². The summed E-state index contributed by atoms with van der Waals surface area (Å²) in [5, 5.41) is 0. The SMILES string of the molecule is CCOC(=O)[C@@H]1CCCN(C(C)CCOC)C1. The highest BCUT2D eigenvalue weighted by Gasteiger charge is 2.28. The lowest BCUT2D eigenvalue weighted by Crippen LogP contribution is -2.44. The van der Waals surface area contributed by atoms with Gasteiger partial charge in [0.2, 0.25) is 0 Å². The molecule has 0 aromatic heterocycles. The number of nitrogens with zero attached hydrogens (tertiary/aromatic N) is 1. The molecule has 4 nitrogen and oxygen atoms in total. The zero-order valence-electron chi connectivity index (χ0n) is 11.3. The van der Waals surface area contributed by atoms with Crippen LogP contribution in [0.15, 0.2) is 0 Å². The summed E-state index contributed by atoms with van der Waals surface area (Å²) in [6, 6.07) is 0.479. The quantitative estimate of drug-likeness (QED) is 0.665.